The maximum absolute atomic E-state index is 14.1. The van der Waals surface area contributed by atoms with Crippen molar-refractivity contribution in [1.29, 1.82) is 0 Å². The molecule has 0 aromatic heterocycles. The third-order valence-corrected chi connectivity index (χ3v) is 11.3. The van der Waals surface area contributed by atoms with Crippen LogP contribution in [0.3, 0.4) is 0 Å². The largest absolute Gasteiger partial charge is 0.459 e. The summed E-state index contributed by atoms with van der Waals surface area (Å²) in [5.74, 6) is 0.0579. The van der Waals surface area contributed by atoms with Gasteiger partial charge < -0.3 is 43.8 Å². The summed E-state index contributed by atoms with van der Waals surface area (Å²) in [6.45, 7) is 8.56. The molecular weight excluding hydrogens is 740 g/mol. The number of hydrogen-bond donors (Lipinski definition) is 3. The summed E-state index contributed by atoms with van der Waals surface area (Å²) in [5.41, 5.74) is 4.82. The molecule has 5 rings (SSSR count). The SMILES string of the molecule is C=CCO[C@@]12Oc3ccc(Oc4ccc(C)c(C)c4)cc3[C@H]3[C@H](CCCCO)[C@@H](CCCCO)C=C(C(=NOC)C[C@@H]1N(CCOCCO)C(=O)OCCCl)[C@H]32. The number of carbonyl (C=O) groups is 1. The molecule has 2 aromatic carbocycles. The fourth-order valence-electron chi connectivity index (χ4n) is 8.65. The van der Waals surface area contributed by atoms with Crippen LogP contribution in [-0.2, 0) is 19.0 Å². The lowest BCUT2D eigenvalue weighted by molar-refractivity contribution is -0.256. The average Bonchev–Trinajstić information content (AvgIpc) is 3.19. The van der Waals surface area contributed by atoms with Gasteiger partial charge in [-0.1, -0.05) is 36.2 Å². The molecule has 3 aliphatic rings. The van der Waals surface area contributed by atoms with E-state index in [0.717, 1.165) is 48.1 Å². The predicted octanol–water partition coefficient (Wildman–Crippen LogP) is 7.05. The van der Waals surface area contributed by atoms with E-state index in [1.807, 2.05) is 30.3 Å². The summed E-state index contributed by atoms with van der Waals surface area (Å²) in [4.78, 5) is 21.2. The molecule has 0 saturated heterocycles. The topological polar surface area (TPSA) is 149 Å². The number of aliphatic hydroxyl groups is 3. The Bertz CT molecular complexity index is 1670. The first-order chi connectivity index (χ1) is 27.3. The van der Waals surface area contributed by atoms with Crippen molar-refractivity contribution in [2.75, 3.05) is 65.8 Å². The zero-order chi connectivity index (χ0) is 40.1. The van der Waals surface area contributed by atoms with E-state index >= 15 is 0 Å². The Balaban J connectivity index is 1.75. The van der Waals surface area contributed by atoms with E-state index in [0.29, 0.717) is 30.1 Å². The number of amides is 1. The fourth-order valence-corrected chi connectivity index (χ4v) is 8.73. The average molecular weight is 799 g/mol. The second-order valence-electron chi connectivity index (χ2n) is 14.6. The minimum Gasteiger partial charge on any atom is -0.459 e. The van der Waals surface area contributed by atoms with Gasteiger partial charge in [0.15, 0.2) is 0 Å². The van der Waals surface area contributed by atoms with Crippen LogP contribution in [0.15, 0.2) is 65.9 Å². The summed E-state index contributed by atoms with van der Waals surface area (Å²) >= 11 is 5.99. The number of benzene rings is 2. The smallest absolute Gasteiger partial charge is 0.410 e. The van der Waals surface area contributed by atoms with Crippen molar-refractivity contribution < 1.29 is 48.6 Å². The number of halogens is 1. The van der Waals surface area contributed by atoms with Gasteiger partial charge in [0.05, 0.1) is 43.9 Å². The Morgan fingerprint density at radius 1 is 1.00 bits per heavy atom. The number of fused-ring (bicyclic) bond motifs is 2. The van der Waals surface area contributed by atoms with Crippen molar-refractivity contribution in [1.82, 2.24) is 4.90 Å². The van der Waals surface area contributed by atoms with Crippen molar-refractivity contribution in [3.8, 4) is 17.2 Å². The Kier molecular flexibility index (Phi) is 16.5. The number of allylic oxidation sites excluding steroid dienone is 1. The lowest BCUT2D eigenvalue weighted by atomic mass is 9.55. The number of ether oxygens (including phenoxy) is 5. The first-order valence-corrected chi connectivity index (χ1v) is 20.3. The fraction of sp³-hybridized carbons (Fsp3) is 0.581. The molecule has 1 saturated carbocycles. The van der Waals surface area contributed by atoms with Gasteiger partial charge in [0.2, 0.25) is 5.79 Å². The van der Waals surface area contributed by atoms with E-state index in [9.17, 15) is 20.1 Å². The number of oxime groups is 1. The number of aliphatic hydroxyl groups excluding tert-OH is 3. The lowest BCUT2D eigenvalue weighted by Gasteiger charge is -2.59. The number of carbonyl (C=O) groups excluding carboxylic acids is 1. The van der Waals surface area contributed by atoms with Crippen LogP contribution in [0, 0.1) is 31.6 Å². The number of aryl methyl sites for hydroxylation is 2. The molecule has 0 bridgehead atoms. The van der Waals surface area contributed by atoms with Crippen molar-refractivity contribution in [2.45, 2.75) is 76.5 Å². The monoisotopic (exact) mass is 798 g/mol. The lowest BCUT2D eigenvalue weighted by Crippen LogP contribution is -2.70. The quantitative estimate of drug-likeness (QED) is 0.0490. The zero-order valence-electron chi connectivity index (χ0n) is 33.0. The standard InChI is InChI=1S/C43H59ClN2O10/c1-5-21-54-43-39(46(17-23-52-24-20-49)42(50)53-22-16-44)28-37(45-51-4)35-26-31(10-6-8-18-47)34(11-7-9-19-48)40(41(35)43)36-27-33(14-15-38(36)56-43)55-32-13-12-29(2)30(3)25-32/h5,12-15,25-27,31,34,39-41,47-49H,1,6-11,16-24,28H2,2-4H3/t31-,34+,39-,40+,41+,43+/m0/s1. The number of nitrogens with zero attached hydrogens (tertiary/aromatic N) is 2. The summed E-state index contributed by atoms with van der Waals surface area (Å²) in [6, 6.07) is 11.1. The van der Waals surface area contributed by atoms with Crippen LogP contribution in [0.5, 0.6) is 17.2 Å². The van der Waals surface area contributed by atoms with Crippen LogP contribution in [-0.4, -0.2) is 110 Å². The molecule has 3 N–H and O–H groups in total. The molecule has 0 radical (unpaired) electrons. The van der Waals surface area contributed by atoms with E-state index in [1.54, 1.807) is 11.0 Å². The number of alkyl halides is 1. The van der Waals surface area contributed by atoms with Gasteiger partial charge in [0, 0.05) is 37.7 Å². The summed E-state index contributed by atoms with van der Waals surface area (Å²) in [7, 11) is 1.51. The van der Waals surface area contributed by atoms with Crippen molar-refractivity contribution in [3.05, 3.63) is 77.4 Å². The predicted molar refractivity (Wildman–Crippen MR) is 215 cm³/mol. The van der Waals surface area contributed by atoms with Crippen LogP contribution in [0.4, 0.5) is 4.79 Å². The first-order valence-electron chi connectivity index (χ1n) is 19.8. The molecule has 1 amide bonds. The Hall–Kier alpha value is -3.65. The van der Waals surface area contributed by atoms with Gasteiger partial charge in [0.1, 0.15) is 37.0 Å². The Morgan fingerprint density at radius 2 is 1.75 bits per heavy atom. The second kappa shape index (κ2) is 21.2. The Morgan fingerprint density at radius 3 is 2.45 bits per heavy atom. The van der Waals surface area contributed by atoms with Crippen LogP contribution in [0.1, 0.15) is 67.6 Å². The van der Waals surface area contributed by atoms with Crippen LogP contribution >= 0.6 is 11.6 Å². The molecule has 0 unspecified atom stereocenters. The molecule has 1 heterocycles. The van der Waals surface area contributed by atoms with Gasteiger partial charge in [-0.25, -0.2) is 4.79 Å². The molecule has 1 aliphatic heterocycles. The molecule has 56 heavy (non-hydrogen) atoms. The summed E-state index contributed by atoms with van der Waals surface area (Å²) in [6.07, 6.45) is 8.11. The molecule has 1 fully saturated rings. The zero-order valence-corrected chi connectivity index (χ0v) is 33.8. The van der Waals surface area contributed by atoms with E-state index in [-0.39, 0.29) is 82.8 Å². The molecule has 12 nitrogen and oxygen atoms in total. The van der Waals surface area contributed by atoms with E-state index in [1.165, 1.54) is 12.7 Å². The van der Waals surface area contributed by atoms with Crippen molar-refractivity contribution in [2.24, 2.45) is 22.9 Å². The van der Waals surface area contributed by atoms with Crippen LogP contribution < -0.4 is 9.47 Å². The summed E-state index contributed by atoms with van der Waals surface area (Å²) < 4.78 is 32.0. The minimum absolute atomic E-state index is 0.00668. The highest BCUT2D eigenvalue weighted by Gasteiger charge is 2.65. The first kappa shape index (κ1) is 43.5. The highest BCUT2D eigenvalue weighted by Crippen LogP contribution is 2.62. The number of rotatable bonds is 22. The van der Waals surface area contributed by atoms with Gasteiger partial charge in [-0.05, 0) is 98.4 Å². The molecule has 308 valence electrons. The highest BCUT2D eigenvalue weighted by atomic mass is 35.5. The maximum Gasteiger partial charge on any atom is 0.410 e. The normalized spacial score (nSPS) is 24.4. The van der Waals surface area contributed by atoms with Crippen molar-refractivity contribution in [3.63, 3.8) is 0 Å². The van der Waals surface area contributed by atoms with Crippen molar-refractivity contribution >= 4 is 23.4 Å². The van der Waals surface area contributed by atoms with Gasteiger partial charge in [0.25, 0.3) is 0 Å². The van der Waals surface area contributed by atoms with E-state index < -0.39 is 23.8 Å². The van der Waals surface area contributed by atoms with Gasteiger partial charge in [-0.3, -0.25) is 4.90 Å². The molecule has 13 heteroatoms. The molecule has 2 aromatic rings. The molecule has 0 spiro atoms. The second-order valence-corrected chi connectivity index (χ2v) is 15.0. The van der Waals surface area contributed by atoms with Crippen LogP contribution in [0.2, 0.25) is 0 Å². The molecule has 2 aliphatic carbocycles. The minimum atomic E-state index is -1.46. The summed E-state index contributed by atoms with van der Waals surface area (Å²) in [5, 5.41) is 33.7. The number of hydrogen-bond acceptors (Lipinski definition) is 11. The van der Waals surface area contributed by atoms with Gasteiger partial charge in [-0.2, -0.15) is 0 Å². The Labute approximate surface area is 336 Å². The van der Waals surface area contributed by atoms with Crippen LogP contribution in [0.25, 0.3) is 0 Å². The maximum atomic E-state index is 14.1. The van der Waals surface area contributed by atoms with E-state index in [4.69, 9.17) is 40.1 Å². The number of unbranched alkanes of at least 4 members (excludes halogenated alkanes) is 2. The molecule has 6 atom stereocenters. The third-order valence-electron chi connectivity index (χ3n) is 11.2. The third kappa shape index (κ3) is 9.89. The van der Waals surface area contributed by atoms with Gasteiger partial charge in [-0.15, -0.1) is 18.2 Å². The van der Waals surface area contributed by atoms with Gasteiger partial charge >= 0.3 is 6.09 Å². The molecular formula is C43H59ClN2O10. The van der Waals surface area contributed by atoms with E-state index in [2.05, 4.69) is 37.7 Å². The highest BCUT2D eigenvalue weighted by molar-refractivity contribution is 6.18.